The molecule has 0 spiro atoms. The standard InChI is InChI=1S/C11H11N5OS/c1-2-7-18-9-6-4-3-5-8(9)12-11(17)10-13-15-16-14-10/h2-6H,1,7H2,(H,12,17)(H,13,14,15,16). The second-order valence-corrected chi connectivity index (χ2v) is 4.35. The molecule has 6 nitrogen and oxygen atoms in total. The van der Waals surface area contributed by atoms with Crippen molar-refractivity contribution in [1.29, 1.82) is 0 Å². The maximum Gasteiger partial charge on any atom is 0.297 e. The van der Waals surface area contributed by atoms with Crippen LogP contribution in [0.1, 0.15) is 10.6 Å². The second kappa shape index (κ2) is 5.97. The van der Waals surface area contributed by atoms with E-state index < -0.39 is 5.91 Å². The van der Waals surface area contributed by atoms with Crippen LogP contribution < -0.4 is 5.32 Å². The van der Waals surface area contributed by atoms with Crippen LogP contribution in [0, 0.1) is 0 Å². The van der Waals surface area contributed by atoms with Crippen LogP contribution in [0.3, 0.4) is 0 Å². The number of nitrogens with zero attached hydrogens (tertiary/aromatic N) is 3. The highest BCUT2D eigenvalue weighted by Crippen LogP contribution is 2.27. The summed E-state index contributed by atoms with van der Waals surface area (Å²) >= 11 is 1.59. The van der Waals surface area contributed by atoms with E-state index in [-0.39, 0.29) is 5.82 Å². The average Bonchev–Trinajstić information content (AvgIpc) is 2.91. The predicted octanol–water partition coefficient (Wildman–Crippen LogP) is 1.73. The van der Waals surface area contributed by atoms with E-state index in [1.165, 1.54) is 0 Å². The Bertz CT molecular complexity index is 540. The Morgan fingerprint density at radius 2 is 2.33 bits per heavy atom. The number of para-hydroxylation sites is 1. The molecular formula is C11H11N5OS. The van der Waals surface area contributed by atoms with Crippen LogP contribution in [0.2, 0.25) is 0 Å². The summed E-state index contributed by atoms with van der Waals surface area (Å²) in [5, 5.41) is 15.6. The number of aromatic nitrogens is 4. The minimum atomic E-state index is -0.393. The van der Waals surface area contributed by atoms with E-state index in [4.69, 9.17) is 0 Å². The van der Waals surface area contributed by atoms with Gasteiger partial charge in [-0.3, -0.25) is 4.79 Å². The van der Waals surface area contributed by atoms with Gasteiger partial charge < -0.3 is 5.32 Å². The Kier molecular flexibility index (Phi) is 4.08. The van der Waals surface area contributed by atoms with Crippen LogP contribution in [-0.2, 0) is 0 Å². The molecule has 0 unspecified atom stereocenters. The van der Waals surface area contributed by atoms with Gasteiger partial charge in [0.25, 0.3) is 11.7 Å². The van der Waals surface area contributed by atoms with Crippen LogP contribution in [0.15, 0.2) is 41.8 Å². The molecule has 0 bridgehead atoms. The summed E-state index contributed by atoms with van der Waals surface area (Å²) in [5.74, 6) is 0.392. The molecule has 0 atom stereocenters. The first-order valence-electron chi connectivity index (χ1n) is 5.19. The minimum absolute atomic E-state index is 0.0125. The highest BCUT2D eigenvalue weighted by Gasteiger charge is 2.12. The summed E-state index contributed by atoms with van der Waals surface area (Å²) in [6.07, 6.45) is 1.81. The maximum atomic E-state index is 11.8. The van der Waals surface area contributed by atoms with Crippen LogP contribution >= 0.6 is 11.8 Å². The molecule has 1 amide bonds. The third-order valence-corrected chi connectivity index (χ3v) is 3.11. The fourth-order valence-electron chi connectivity index (χ4n) is 1.28. The average molecular weight is 261 g/mol. The van der Waals surface area contributed by atoms with E-state index >= 15 is 0 Å². The largest absolute Gasteiger partial charge is 0.318 e. The number of aromatic amines is 1. The second-order valence-electron chi connectivity index (χ2n) is 3.29. The number of hydrogen-bond acceptors (Lipinski definition) is 5. The van der Waals surface area contributed by atoms with Crippen molar-refractivity contribution in [3.63, 3.8) is 0 Å². The Balaban J connectivity index is 2.13. The molecule has 1 aromatic heterocycles. The van der Waals surface area contributed by atoms with Gasteiger partial charge in [0, 0.05) is 10.6 Å². The molecule has 2 aromatic rings. The van der Waals surface area contributed by atoms with Gasteiger partial charge in [0.05, 0.1) is 5.69 Å². The summed E-state index contributed by atoms with van der Waals surface area (Å²) in [6, 6.07) is 7.52. The monoisotopic (exact) mass is 261 g/mol. The number of nitrogens with one attached hydrogen (secondary N) is 2. The van der Waals surface area contributed by atoms with Gasteiger partial charge in [-0.05, 0) is 17.3 Å². The third kappa shape index (κ3) is 2.95. The van der Waals surface area contributed by atoms with E-state index in [0.29, 0.717) is 0 Å². The Morgan fingerprint density at radius 1 is 1.50 bits per heavy atom. The lowest BCUT2D eigenvalue weighted by Gasteiger charge is -2.08. The molecule has 1 heterocycles. The van der Waals surface area contributed by atoms with Crippen molar-refractivity contribution in [2.45, 2.75) is 4.90 Å². The first kappa shape index (κ1) is 12.3. The maximum absolute atomic E-state index is 11.8. The molecule has 0 radical (unpaired) electrons. The highest BCUT2D eigenvalue weighted by atomic mass is 32.2. The fourth-order valence-corrected chi connectivity index (χ4v) is 2.03. The molecule has 0 fully saturated rings. The number of carbonyl (C=O) groups excluding carboxylic acids is 1. The molecular weight excluding hydrogens is 250 g/mol. The van der Waals surface area contributed by atoms with Crippen LogP contribution in [0.5, 0.6) is 0 Å². The summed E-state index contributed by atoms with van der Waals surface area (Å²) in [5.41, 5.74) is 0.721. The first-order valence-corrected chi connectivity index (χ1v) is 6.17. The smallest absolute Gasteiger partial charge is 0.297 e. The van der Waals surface area contributed by atoms with E-state index in [9.17, 15) is 4.79 Å². The van der Waals surface area contributed by atoms with Gasteiger partial charge in [-0.1, -0.05) is 18.2 Å². The minimum Gasteiger partial charge on any atom is -0.318 e. The molecule has 2 N–H and O–H groups in total. The van der Waals surface area contributed by atoms with Gasteiger partial charge in [-0.15, -0.1) is 28.5 Å². The van der Waals surface area contributed by atoms with E-state index in [2.05, 4.69) is 32.5 Å². The lowest BCUT2D eigenvalue weighted by molar-refractivity contribution is 0.101. The van der Waals surface area contributed by atoms with Gasteiger partial charge in [-0.25, -0.2) is 0 Å². The van der Waals surface area contributed by atoms with Crippen molar-refractivity contribution in [2.75, 3.05) is 11.1 Å². The molecule has 2 rings (SSSR count). The topological polar surface area (TPSA) is 83.6 Å². The molecule has 18 heavy (non-hydrogen) atoms. The third-order valence-electron chi connectivity index (χ3n) is 2.04. The Labute approximate surface area is 108 Å². The van der Waals surface area contributed by atoms with Crippen molar-refractivity contribution < 1.29 is 4.79 Å². The number of tetrazole rings is 1. The zero-order chi connectivity index (χ0) is 12.8. The van der Waals surface area contributed by atoms with Crippen LogP contribution in [0.4, 0.5) is 5.69 Å². The predicted molar refractivity (Wildman–Crippen MR) is 69.5 cm³/mol. The van der Waals surface area contributed by atoms with Gasteiger partial charge in [0.2, 0.25) is 0 Å². The number of amides is 1. The van der Waals surface area contributed by atoms with Gasteiger partial charge in [0.1, 0.15) is 0 Å². The SMILES string of the molecule is C=CCSc1ccccc1NC(=O)c1nn[nH]n1. The molecule has 1 aromatic carbocycles. The van der Waals surface area contributed by atoms with Gasteiger partial charge >= 0.3 is 0 Å². The number of H-pyrrole nitrogens is 1. The quantitative estimate of drug-likeness (QED) is 0.632. The van der Waals surface area contributed by atoms with Crippen molar-refractivity contribution in [3.05, 3.63) is 42.7 Å². The summed E-state index contributed by atoms with van der Waals surface area (Å²) in [7, 11) is 0. The Hall–Kier alpha value is -2.15. The number of hydrogen-bond donors (Lipinski definition) is 2. The first-order chi connectivity index (χ1) is 8.81. The lowest BCUT2D eigenvalue weighted by Crippen LogP contribution is -2.14. The molecule has 0 saturated heterocycles. The summed E-state index contributed by atoms with van der Waals surface area (Å²) in [4.78, 5) is 12.7. The Morgan fingerprint density at radius 3 is 3.06 bits per heavy atom. The zero-order valence-electron chi connectivity index (χ0n) is 9.46. The number of carbonyl (C=O) groups is 1. The molecule has 0 aliphatic rings. The van der Waals surface area contributed by atoms with Crippen LogP contribution in [-0.4, -0.2) is 32.3 Å². The number of benzene rings is 1. The zero-order valence-corrected chi connectivity index (χ0v) is 10.3. The summed E-state index contributed by atoms with van der Waals surface area (Å²) in [6.45, 7) is 3.67. The molecule has 0 aliphatic heterocycles. The van der Waals surface area contributed by atoms with Crippen LogP contribution in [0.25, 0.3) is 0 Å². The van der Waals surface area contributed by atoms with Crippen molar-refractivity contribution >= 4 is 23.4 Å². The van der Waals surface area contributed by atoms with Crippen molar-refractivity contribution in [2.24, 2.45) is 0 Å². The van der Waals surface area contributed by atoms with E-state index in [1.807, 2.05) is 30.3 Å². The van der Waals surface area contributed by atoms with E-state index in [0.717, 1.165) is 16.3 Å². The summed E-state index contributed by atoms with van der Waals surface area (Å²) < 4.78 is 0. The molecule has 7 heteroatoms. The van der Waals surface area contributed by atoms with Gasteiger partial charge in [0.15, 0.2) is 0 Å². The number of anilines is 1. The van der Waals surface area contributed by atoms with Crippen molar-refractivity contribution in [1.82, 2.24) is 20.6 Å². The lowest BCUT2D eigenvalue weighted by atomic mass is 10.3. The normalized spacial score (nSPS) is 10.0. The van der Waals surface area contributed by atoms with Crippen molar-refractivity contribution in [3.8, 4) is 0 Å². The van der Waals surface area contributed by atoms with E-state index in [1.54, 1.807) is 11.8 Å². The highest BCUT2D eigenvalue weighted by molar-refractivity contribution is 7.99. The number of thioether (sulfide) groups is 1. The molecule has 92 valence electrons. The molecule has 0 saturated carbocycles. The molecule has 0 aliphatic carbocycles. The van der Waals surface area contributed by atoms with Gasteiger partial charge in [-0.2, -0.15) is 5.21 Å². The fraction of sp³-hybridized carbons (Fsp3) is 0.0909. The number of rotatable bonds is 5.